The highest BCUT2D eigenvalue weighted by Crippen LogP contribution is 2.36. The van der Waals surface area contributed by atoms with Crippen LogP contribution < -0.4 is 34.5 Å². The highest BCUT2D eigenvalue weighted by Gasteiger charge is 2.37. The number of amides is 5. The molecule has 1 saturated heterocycles. The van der Waals surface area contributed by atoms with Gasteiger partial charge in [-0.1, -0.05) is 24.6 Å². The normalized spacial score (nSPS) is 13.9. The second kappa shape index (κ2) is 14.9. The van der Waals surface area contributed by atoms with Gasteiger partial charge in [-0.25, -0.2) is 9.69 Å². The summed E-state index contributed by atoms with van der Waals surface area (Å²) in [5.74, 6) is -0.552. The number of aryl methyl sites for hydroxylation is 2. The molecule has 5 amide bonds. The van der Waals surface area contributed by atoms with Crippen LogP contribution in [0.25, 0.3) is 6.08 Å². The largest absolute Gasteiger partial charge is 0.493 e. The average Bonchev–Trinajstić information content (AvgIpc) is 2.99. The maximum Gasteiger partial charge on any atom is 0.335 e. The minimum atomic E-state index is -0.890. The highest BCUT2D eigenvalue weighted by atomic mass is 127. The van der Waals surface area contributed by atoms with E-state index in [0.29, 0.717) is 51.0 Å². The predicted molar refractivity (Wildman–Crippen MR) is 178 cm³/mol. The summed E-state index contributed by atoms with van der Waals surface area (Å²) >= 11 is 2.03. The number of methoxy groups -OCH3 is 1. The Balaban J connectivity index is 1.58. The molecule has 2 N–H and O–H groups in total. The van der Waals surface area contributed by atoms with Crippen molar-refractivity contribution in [1.82, 2.24) is 5.32 Å². The summed E-state index contributed by atoms with van der Waals surface area (Å²) in [6, 6.07) is 12.7. The number of ether oxygens (including phenoxy) is 4. The molecule has 3 aromatic carbocycles. The minimum absolute atomic E-state index is 0.198. The quantitative estimate of drug-likeness (QED) is 0.136. The Morgan fingerprint density at radius 1 is 0.956 bits per heavy atom. The van der Waals surface area contributed by atoms with E-state index in [1.807, 2.05) is 61.6 Å². The van der Waals surface area contributed by atoms with Gasteiger partial charge < -0.3 is 24.3 Å². The molecule has 0 radical (unpaired) electrons. The van der Waals surface area contributed by atoms with Crippen LogP contribution in [-0.4, -0.2) is 50.7 Å². The molecule has 1 aliphatic heterocycles. The van der Waals surface area contributed by atoms with Gasteiger partial charge in [-0.3, -0.25) is 19.7 Å². The van der Waals surface area contributed by atoms with Gasteiger partial charge in [0.2, 0.25) is 0 Å². The molecule has 45 heavy (non-hydrogen) atoms. The molecule has 0 saturated carbocycles. The van der Waals surface area contributed by atoms with E-state index in [1.54, 1.807) is 25.1 Å². The van der Waals surface area contributed by atoms with Crippen molar-refractivity contribution in [2.45, 2.75) is 34.1 Å². The van der Waals surface area contributed by atoms with Crippen LogP contribution in [-0.2, 0) is 14.4 Å². The van der Waals surface area contributed by atoms with E-state index in [0.717, 1.165) is 22.4 Å². The second-order valence-corrected chi connectivity index (χ2v) is 11.2. The molecule has 11 nitrogen and oxygen atoms in total. The van der Waals surface area contributed by atoms with E-state index in [-0.39, 0.29) is 23.8 Å². The number of rotatable bonds is 12. The molecule has 0 atom stereocenters. The van der Waals surface area contributed by atoms with Crippen molar-refractivity contribution >= 4 is 63.8 Å². The number of urea groups is 1. The number of barbiturate groups is 1. The Labute approximate surface area is 275 Å². The summed E-state index contributed by atoms with van der Waals surface area (Å²) in [5.41, 5.74) is 3.10. The molecule has 236 valence electrons. The number of anilines is 2. The van der Waals surface area contributed by atoms with Crippen molar-refractivity contribution in [2.24, 2.45) is 0 Å². The number of carbonyl (C=O) groups is 4. The van der Waals surface area contributed by atoms with Gasteiger partial charge in [-0.05, 0) is 97.3 Å². The first kappa shape index (κ1) is 33.3. The monoisotopic (exact) mass is 727 g/mol. The fourth-order valence-corrected chi connectivity index (χ4v) is 5.32. The number of nitrogens with zero attached hydrogens (tertiary/aromatic N) is 1. The fraction of sp³-hybridized carbons (Fsp3) is 0.273. The summed E-state index contributed by atoms with van der Waals surface area (Å²) in [6.07, 6.45) is 2.16. The first-order valence-corrected chi connectivity index (χ1v) is 15.3. The Morgan fingerprint density at radius 2 is 1.73 bits per heavy atom. The lowest BCUT2D eigenvalue weighted by Crippen LogP contribution is -2.54. The molecule has 4 rings (SSSR count). The van der Waals surface area contributed by atoms with Crippen molar-refractivity contribution in [3.05, 3.63) is 74.4 Å². The number of carbonyl (C=O) groups excluding carboxylic acids is 4. The molecule has 12 heteroatoms. The molecule has 0 bridgehead atoms. The number of hydrogen-bond acceptors (Lipinski definition) is 8. The summed E-state index contributed by atoms with van der Waals surface area (Å²) in [4.78, 5) is 52.7. The zero-order valence-corrected chi connectivity index (χ0v) is 27.8. The Hall–Kier alpha value is -4.59. The zero-order chi connectivity index (χ0) is 32.7. The number of nitrogens with one attached hydrogen (secondary N) is 2. The van der Waals surface area contributed by atoms with Crippen LogP contribution in [0.5, 0.6) is 23.0 Å². The van der Waals surface area contributed by atoms with E-state index >= 15 is 0 Å². The van der Waals surface area contributed by atoms with Gasteiger partial charge in [0.25, 0.3) is 17.7 Å². The highest BCUT2D eigenvalue weighted by molar-refractivity contribution is 14.1. The van der Waals surface area contributed by atoms with Crippen LogP contribution in [0.2, 0.25) is 0 Å². The molecule has 0 spiro atoms. The van der Waals surface area contributed by atoms with Crippen molar-refractivity contribution in [3.8, 4) is 23.0 Å². The molecule has 3 aromatic rings. The van der Waals surface area contributed by atoms with Crippen LogP contribution in [0.1, 0.15) is 37.0 Å². The third-order valence-electron chi connectivity index (χ3n) is 6.62. The lowest BCUT2D eigenvalue weighted by molar-refractivity contribution is -0.122. The second-order valence-electron chi connectivity index (χ2n) is 10.1. The van der Waals surface area contributed by atoms with E-state index in [4.69, 9.17) is 18.9 Å². The third kappa shape index (κ3) is 7.93. The molecular formula is C33H34IN3O8. The molecule has 0 aliphatic carbocycles. The van der Waals surface area contributed by atoms with Gasteiger partial charge in [-0.15, -0.1) is 0 Å². The van der Waals surface area contributed by atoms with E-state index < -0.39 is 17.8 Å². The first-order chi connectivity index (χ1) is 21.6. The molecule has 1 heterocycles. The topological polar surface area (TPSA) is 132 Å². The summed E-state index contributed by atoms with van der Waals surface area (Å²) in [5, 5.41) is 5.07. The lowest BCUT2D eigenvalue weighted by Gasteiger charge is -2.27. The van der Waals surface area contributed by atoms with Crippen LogP contribution in [0, 0.1) is 17.4 Å². The van der Waals surface area contributed by atoms with E-state index in [1.165, 1.54) is 25.3 Å². The molecular weight excluding hydrogens is 693 g/mol. The van der Waals surface area contributed by atoms with Crippen molar-refractivity contribution in [1.29, 1.82) is 0 Å². The van der Waals surface area contributed by atoms with Gasteiger partial charge >= 0.3 is 6.03 Å². The maximum atomic E-state index is 13.5. The predicted octanol–water partition coefficient (Wildman–Crippen LogP) is 5.79. The third-order valence-corrected chi connectivity index (χ3v) is 7.42. The van der Waals surface area contributed by atoms with Gasteiger partial charge in [0.15, 0.2) is 29.6 Å². The lowest BCUT2D eigenvalue weighted by atomic mass is 10.1. The Morgan fingerprint density at radius 3 is 2.42 bits per heavy atom. The van der Waals surface area contributed by atoms with Gasteiger partial charge in [0.05, 0.1) is 29.6 Å². The first-order valence-electron chi connectivity index (χ1n) is 14.2. The minimum Gasteiger partial charge on any atom is -0.493 e. The number of halogens is 1. The van der Waals surface area contributed by atoms with Crippen LogP contribution >= 0.6 is 22.6 Å². The molecule has 1 aliphatic rings. The van der Waals surface area contributed by atoms with Crippen LogP contribution in [0.4, 0.5) is 16.2 Å². The zero-order valence-electron chi connectivity index (χ0n) is 25.6. The SMILES string of the molecule is CCCOc1ccc(N2C(=O)NC(=O)/C(=C/c3cc(I)c(OCC(=O)Nc4ccc(C)cc4C)c(OCC)c3)C2=O)cc1OC. The van der Waals surface area contributed by atoms with Gasteiger partial charge in [0.1, 0.15) is 5.57 Å². The molecule has 1 fully saturated rings. The average molecular weight is 728 g/mol. The van der Waals surface area contributed by atoms with E-state index in [2.05, 4.69) is 10.6 Å². The standard InChI is InChI=1S/C33H34IN3O8/c1-6-12-44-26-11-9-22(17-27(26)42-5)37-32(40)23(31(39)36-33(37)41)14-21-15-24(34)30(28(16-21)43-7-2)45-18-29(38)35-25-10-8-19(3)13-20(25)4/h8-11,13-17H,6-7,12,18H2,1-5H3,(H,35,38)(H,36,39,41)/b23-14-. The number of benzene rings is 3. The van der Waals surface area contributed by atoms with Crippen molar-refractivity contribution < 1.29 is 38.1 Å². The fourth-order valence-electron chi connectivity index (χ4n) is 4.54. The van der Waals surface area contributed by atoms with E-state index in [9.17, 15) is 19.2 Å². The Bertz CT molecular complexity index is 1670. The Kier molecular flexibility index (Phi) is 11.0. The van der Waals surface area contributed by atoms with Crippen LogP contribution in [0.3, 0.4) is 0 Å². The maximum absolute atomic E-state index is 13.5. The summed E-state index contributed by atoms with van der Waals surface area (Å²) in [7, 11) is 1.45. The summed E-state index contributed by atoms with van der Waals surface area (Å²) in [6.45, 7) is 8.14. The number of imide groups is 2. The number of hydrogen-bond donors (Lipinski definition) is 2. The van der Waals surface area contributed by atoms with Gasteiger partial charge in [0, 0.05) is 11.8 Å². The smallest absolute Gasteiger partial charge is 0.335 e. The molecule has 0 unspecified atom stereocenters. The van der Waals surface area contributed by atoms with Crippen LogP contribution in [0.15, 0.2) is 54.1 Å². The molecule has 0 aromatic heterocycles. The van der Waals surface area contributed by atoms with Crippen molar-refractivity contribution in [3.63, 3.8) is 0 Å². The van der Waals surface area contributed by atoms with Crippen molar-refractivity contribution in [2.75, 3.05) is 37.1 Å². The summed E-state index contributed by atoms with van der Waals surface area (Å²) < 4.78 is 23.3. The van der Waals surface area contributed by atoms with Gasteiger partial charge in [-0.2, -0.15) is 0 Å².